The molecule has 0 aromatic heterocycles. The quantitative estimate of drug-likeness (QED) is 0.148. The highest BCUT2D eigenvalue weighted by atomic mass is 32.2. The fraction of sp³-hybridized carbons (Fsp3) is 0.794. The van der Waals surface area contributed by atoms with E-state index in [1.165, 1.54) is 26.6 Å². The molecule has 1 unspecified atom stereocenters. The fourth-order valence-electron chi connectivity index (χ4n) is 6.79. The number of rotatable bonds is 15. The minimum atomic E-state index is -3.67. The van der Waals surface area contributed by atoms with Gasteiger partial charge in [0.1, 0.15) is 12.1 Å². The van der Waals surface area contributed by atoms with Gasteiger partial charge in [-0.1, -0.05) is 74.8 Å². The number of ketones is 1. The average Bonchev–Trinajstić information content (AvgIpc) is 3.26. The maximum absolute atomic E-state index is 14.4. The number of hydrogen-bond acceptors (Lipinski definition) is 7. The number of carbonyl (C=O) groups excluding carboxylic acids is 5. The summed E-state index contributed by atoms with van der Waals surface area (Å²) in [7, 11) is -2.18. The van der Waals surface area contributed by atoms with Crippen molar-refractivity contribution in [3.8, 4) is 0 Å². The fourth-order valence-corrected chi connectivity index (χ4v) is 8.24. The number of hydrogen-bond donors (Lipinski definition) is 4. The minimum Gasteiger partial charge on any atom is -0.346 e. The molecule has 4 N–H and O–H groups in total. The number of Topliss-reactive ketones (excluding diaryl/α,β-unsaturated/α-hetero) is 1. The van der Waals surface area contributed by atoms with Crippen molar-refractivity contribution < 1.29 is 32.4 Å². The van der Waals surface area contributed by atoms with Crippen LogP contribution in [-0.2, 0) is 29.4 Å². The first-order chi connectivity index (χ1) is 22.5. The Bertz CT molecular complexity index is 1400. The largest absolute Gasteiger partial charge is 0.346 e. The Morgan fingerprint density at radius 3 is 2.10 bits per heavy atom. The van der Waals surface area contributed by atoms with E-state index in [1.54, 1.807) is 0 Å². The number of carbonyl (C=O) groups is 5. The second-order valence-electron chi connectivity index (χ2n) is 16.5. The lowest BCUT2D eigenvalue weighted by Gasteiger charge is -2.40. The molecule has 3 aliphatic rings. The highest BCUT2D eigenvalue weighted by Gasteiger charge is 2.70. The Morgan fingerprint density at radius 1 is 1.00 bits per heavy atom. The molecule has 0 aromatic rings. The van der Waals surface area contributed by atoms with E-state index in [0.717, 1.165) is 6.42 Å². The molecular formula is C34H59N7O7S. The van der Waals surface area contributed by atoms with Crippen LogP contribution in [0.5, 0.6) is 0 Å². The Labute approximate surface area is 292 Å². The molecule has 2 heterocycles. The molecule has 1 aliphatic carbocycles. The van der Waals surface area contributed by atoms with Crippen LogP contribution in [0.15, 0.2) is 12.7 Å². The first-order valence-corrected chi connectivity index (χ1v) is 18.7. The summed E-state index contributed by atoms with van der Waals surface area (Å²) >= 11 is 0. The van der Waals surface area contributed by atoms with Gasteiger partial charge in [-0.05, 0) is 40.9 Å². The Kier molecular flexibility index (Phi) is 12.4. The molecule has 0 aromatic carbocycles. The highest BCUT2D eigenvalue weighted by molar-refractivity contribution is 7.86. The van der Waals surface area contributed by atoms with Crippen molar-refractivity contribution in [3.05, 3.63) is 12.7 Å². The van der Waals surface area contributed by atoms with Crippen LogP contribution in [-0.4, -0.2) is 115 Å². The van der Waals surface area contributed by atoms with Crippen molar-refractivity contribution in [2.24, 2.45) is 28.1 Å². The van der Waals surface area contributed by atoms with Crippen molar-refractivity contribution in [2.45, 2.75) is 106 Å². The van der Waals surface area contributed by atoms with Crippen LogP contribution in [0.25, 0.3) is 0 Å². The number of likely N-dealkylation sites (N-methyl/N-ethyl adjacent to an activating group) is 1. The molecule has 6 atom stereocenters. The SMILES string of the molecule is C=CCNC(=O)C(=O)C(CCC)NC(=O)[C@@H]1[C@@H]2[C@H](CN1C(=O)[C@@H](NC(=O)N[C@H](CN(C)S(=O)(=O)N1CCC1)C(C)(C)C)C(C)(C)C)C2(C)C. The lowest BCUT2D eigenvalue weighted by molar-refractivity contribution is -0.145. The van der Waals surface area contributed by atoms with Crippen LogP contribution in [0.1, 0.15) is 81.6 Å². The van der Waals surface area contributed by atoms with Gasteiger partial charge in [-0.2, -0.15) is 17.0 Å². The van der Waals surface area contributed by atoms with E-state index in [4.69, 9.17) is 0 Å². The Balaban J connectivity index is 1.81. The maximum Gasteiger partial charge on any atom is 0.315 e. The van der Waals surface area contributed by atoms with Gasteiger partial charge in [-0.15, -0.1) is 6.58 Å². The van der Waals surface area contributed by atoms with Gasteiger partial charge in [-0.25, -0.2) is 4.79 Å². The van der Waals surface area contributed by atoms with Crippen LogP contribution in [0.4, 0.5) is 4.79 Å². The summed E-state index contributed by atoms with van der Waals surface area (Å²) in [4.78, 5) is 68.9. The molecule has 2 aliphatic heterocycles. The van der Waals surface area contributed by atoms with Gasteiger partial charge in [0.15, 0.2) is 0 Å². The Morgan fingerprint density at radius 2 is 1.61 bits per heavy atom. The number of nitrogens with one attached hydrogen (secondary N) is 4. The normalized spacial score (nSPS) is 23.7. The third kappa shape index (κ3) is 9.01. The Hall–Kier alpha value is -3.04. The molecule has 3 rings (SSSR count). The number of fused-ring (bicyclic) bond motifs is 1. The number of nitrogens with zero attached hydrogens (tertiary/aromatic N) is 3. The number of urea groups is 1. The standard InChI is InChI=1S/C34H59N7O7S/c1-12-15-22(26(42)29(44)35-16-13-2)36-28(43)25-24-21(34(24,9)10)19-41(25)30(45)27(33(6,7)8)38-31(46)37-23(32(3,4)5)20-39(11)49(47,48)40-17-14-18-40/h13,21-25,27H,2,12,14-20H2,1,3-11H3,(H,35,44)(H,36,43)(H2,37,38,46)/t21-,22?,23+,24-,25-,27+/m0/s1. The zero-order valence-corrected chi connectivity index (χ0v) is 31.8. The molecule has 49 heavy (non-hydrogen) atoms. The molecule has 2 saturated heterocycles. The summed E-state index contributed by atoms with van der Waals surface area (Å²) in [5.41, 5.74) is -1.51. The predicted octanol–water partition coefficient (Wildman–Crippen LogP) is 1.64. The second kappa shape index (κ2) is 15.1. The maximum atomic E-state index is 14.4. The summed E-state index contributed by atoms with van der Waals surface area (Å²) in [6, 6.07) is -4.22. The molecule has 15 heteroatoms. The zero-order chi connectivity index (χ0) is 37.3. The van der Waals surface area contributed by atoms with E-state index in [0.29, 0.717) is 26.1 Å². The van der Waals surface area contributed by atoms with Crippen LogP contribution in [0, 0.1) is 28.1 Å². The predicted molar refractivity (Wildman–Crippen MR) is 187 cm³/mol. The summed E-state index contributed by atoms with van der Waals surface area (Å²) in [6.45, 7) is 22.0. The van der Waals surface area contributed by atoms with Gasteiger partial charge in [0.2, 0.25) is 17.6 Å². The smallest absolute Gasteiger partial charge is 0.315 e. The monoisotopic (exact) mass is 709 g/mol. The van der Waals surface area contributed by atoms with E-state index in [2.05, 4.69) is 27.8 Å². The van der Waals surface area contributed by atoms with E-state index >= 15 is 0 Å². The van der Waals surface area contributed by atoms with Crippen molar-refractivity contribution >= 4 is 39.7 Å². The summed E-state index contributed by atoms with van der Waals surface area (Å²) in [5, 5.41) is 11.0. The van der Waals surface area contributed by atoms with Gasteiger partial charge in [0.05, 0.1) is 6.04 Å². The highest BCUT2D eigenvalue weighted by Crippen LogP contribution is 2.65. The molecule has 14 nitrogen and oxygen atoms in total. The van der Waals surface area contributed by atoms with Crippen LogP contribution >= 0.6 is 0 Å². The van der Waals surface area contributed by atoms with Gasteiger partial charge < -0.3 is 26.2 Å². The third-order valence-electron chi connectivity index (χ3n) is 10.3. The first kappa shape index (κ1) is 40.4. The summed E-state index contributed by atoms with van der Waals surface area (Å²) in [6.07, 6.45) is 3.05. The van der Waals surface area contributed by atoms with Gasteiger partial charge >= 0.3 is 6.03 Å². The van der Waals surface area contributed by atoms with Crippen molar-refractivity contribution in [1.29, 1.82) is 0 Å². The van der Waals surface area contributed by atoms with Crippen LogP contribution in [0.2, 0.25) is 0 Å². The zero-order valence-electron chi connectivity index (χ0n) is 31.0. The minimum absolute atomic E-state index is 0.0277. The first-order valence-electron chi connectivity index (χ1n) is 17.3. The molecule has 0 spiro atoms. The lowest BCUT2D eigenvalue weighted by atomic mass is 9.85. The number of amides is 5. The number of piperidine rings is 1. The number of likely N-dealkylation sites (tertiary alicyclic amines) is 1. The van der Waals surface area contributed by atoms with E-state index in [9.17, 15) is 32.4 Å². The van der Waals surface area contributed by atoms with Crippen LogP contribution in [0.3, 0.4) is 0 Å². The second-order valence-corrected chi connectivity index (χ2v) is 18.5. The topological polar surface area (TPSA) is 177 Å². The lowest BCUT2D eigenvalue weighted by Crippen LogP contribution is -2.63. The van der Waals surface area contributed by atoms with Gasteiger partial charge in [0, 0.05) is 45.8 Å². The molecule has 1 saturated carbocycles. The van der Waals surface area contributed by atoms with E-state index in [-0.39, 0.29) is 36.8 Å². The van der Waals surface area contributed by atoms with Crippen molar-refractivity contribution in [2.75, 3.05) is 39.8 Å². The van der Waals surface area contributed by atoms with Gasteiger partial charge in [0.25, 0.3) is 16.1 Å². The molecular weight excluding hydrogens is 650 g/mol. The van der Waals surface area contributed by atoms with Crippen molar-refractivity contribution in [1.82, 2.24) is 34.8 Å². The third-order valence-corrected chi connectivity index (χ3v) is 12.3. The summed E-state index contributed by atoms with van der Waals surface area (Å²) in [5.74, 6) is -2.63. The molecule has 5 amide bonds. The molecule has 3 fully saturated rings. The van der Waals surface area contributed by atoms with E-state index < -0.39 is 74.7 Å². The van der Waals surface area contributed by atoms with Crippen molar-refractivity contribution in [3.63, 3.8) is 0 Å². The molecule has 0 bridgehead atoms. The van der Waals surface area contributed by atoms with Gasteiger partial charge in [-0.3, -0.25) is 19.2 Å². The van der Waals surface area contributed by atoms with Crippen LogP contribution < -0.4 is 21.3 Å². The average molecular weight is 710 g/mol. The van der Waals surface area contributed by atoms with E-state index in [1.807, 2.05) is 62.3 Å². The summed E-state index contributed by atoms with van der Waals surface area (Å²) < 4.78 is 28.6. The molecule has 0 radical (unpaired) electrons. The molecule has 278 valence electrons.